The first-order chi connectivity index (χ1) is 8.60. The van der Waals surface area contributed by atoms with Crippen LogP contribution in [0.5, 0.6) is 5.75 Å². The van der Waals surface area contributed by atoms with Crippen molar-refractivity contribution in [3.63, 3.8) is 0 Å². The molecule has 1 aromatic carbocycles. The zero-order valence-corrected chi connectivity index (χ0v) is 10.8. The molecule has 0 aliphatic heterocycles. The van der Waals surface area contributed by atoms with Crippen LogP contribution in [0.2, 0.25) is 5.02 Å². The van der Waals surface area contributed by atoms with Gasteiger partial charge in [-0.1, -0.05) is 11.6 Å². The number of halogens is 1. The molecule has 1 heterocycles. The Morgan fingerprint density at radius 3 is 2.56 bits per heavy atom. The van der Waals surface area contributed by atoms with Gasteiger partial charge in [0.25, 0.3) is 0 Å². The molecule has 94 valence electrons. The van der Waals surface area contributed by atoms with Crippen LogP contribution in [0.1, 0.15) is 5.56 Å². The number of nitrogens with one attached hydrogen (secondary N) is 1. The second-order valence-electron chi connectivity index (χ2n) is 3.77. The summed E-state index contributed by atoms with van der Waals surface area (Å²) in [5.41, 5.74) is 7.73. The van der Waals surface area contributed by atoms with Gasteiger partial charge in [0.15, 0.2) is 0 Å². The fourth-order valence-electron chi connectivity index (χ4n) is 1.45. The molecule has 18 heavy (non-hydrogen) atoms. The molecular weight excluding hydrogens is 252 g/mol. The van der Waals surface area contributed by atoms with Crippen molar-refractivity contribution >= 4 is 28.9 Å². The molecule has 3 N–H and O–H groups in total. The summed E-state index contributed by atoms with van der Waals surface area (Å²) in [4.78, 5) is 8.13. The van der Waals surface area contributed by atoms with Crippen LogP contribution in [-0.2, 0) is 0 Å². The number of nitrogens with zero attached hydrogens (tertiary/aromatic N) is 2. The van der Waals surface area contributed by atoms with Crippen LogP contribution >= 0.6 is 11.6 Å². The average molecular weight is 265 g/mol. The van der Waals surface area contributed by atoms with Crippen LogP contribution in [-0.4, -0.2) is 17.1 Å². The third-order valence-electron chi connectivity index (χ3n) is 2.40. The lowest BCUT2D eigenvalue weighted by Gasteiger charge is -2.11. The van der Waals surface area contributed by atoms with Crippen molar-refractivity contribution in [2.75, 3.05) is 18.2 Å². The molecule has 0 amide bonds. The standard InChI is InChI=1S/C12H13ClN4O/c1-7-3-10(11(18-2)4-9(7)13)17-12-15-5-8(14)6-16-12/h3-6H,14H2,1-2H3,(H,15,16,17). The summed E-state index contributed by atoms with van der Waals surface area (Å²) in [6.45, 7) is 1.91. The number of anilines is 3. The van der Waals surface area contributed by atoms with E-state index in [1.807, 2.05) is 13.0 Å². The number of hydrogen-bond acceptors (Lipinski definition) is 5. The predicted molar refractivity (Wildman–Crippen MR) is 72.5 cm³/mol. The fraction of sp³-hybridized carbons (Fsp3) is 0.167. The number of aryl methyl sites for hydroxylation is 1. The van der Waals surface area contributed by atoms with Crippen LogP contribution in [0.25, 0.3) is 0 Å². The zero-order chi connectivity index (χ0) is 13.1. The quantitative estimate of drug-likeness (QED) is 0.892. The van der Waals surface area contributed by atoms with Crippen molar-refractivity contribution < 1.29 is 4.74 Å². The van der Waals surface area contributed by atoms with Crippen molar-refractivity contribution in [1.82, 2.24) is 9.97 Å². The maximum absolute atomic E-state index is 6.03. The van der Waals surface area contributed by atoms with Crippen LogP contribution in [0, 0.1) is 6.92 Å². The number of hydrogen-bond donors (Lipinski definition) is 2. The van der Waals surface area contributed by atoms with Gasteiger partial charge >= 0.3 is 0 Å². The minimum atomic E-state index is 0.448. The Bertz CT molecular complexity index is 557. The van der Waals surface area contributed by atoms with Gasteiger partial charge < -0.3 is 15.8 Å². The van der Waals surface area contributed by atoms with Gasteiger partial charge in [-0.2, -0.15) is 0 Å². The molecular formula is C12H13ClN4O. The molecule has 5 nitrogen and oxygen atoms in total. The molecule has 0 atom stereocenters. The van der Waals surface area contributed by atoms with E-state index in [-0.39, 0.29) is 0 Å². The third kappa shape index (κ3) is 2.62. The van der Waals surface area contributed by atoms with Gasteiger partial charge in [0.1, 0.15) is 5.75 Å². The van der Waals surface area contributed by atoms with Crippen LogP contribution in [0.3, 0.4) is 0 Å². The van der Waals surface area contributed by atoms with E-state index in [1.165, 1.54) is 12.4 Å². The lowest BCUT2D eigenvalue weighted by molar-refractivity contribution is 0.416. The molecule has 6 heteroatoms. The second-order valence-corrected chi connectivity index (χ2v) is 4.17. The predicted octanol–water partition coefficient (Wildman–Crippen LogP) is 2.77. The van der Waals surface area contributed by atoms with Gasteiger partial charge in [0, 0.05) is 11.1 Å². The highest BCUT2D eigenvalue weighted by atomic mass is 35.5. The van der Waals surface area contributed by atoms with Crippen LogP contribution < -0.4 is 15.8 Å². The molecule has 2 aromatic rings. The first kappa shape index (κ1) is 12.4. The van der Waals surface area contributed by atoms with E-state index < -0.39 is 0 Å². The first-order valence-electron chi connectivity index (χ1n) is 5.29. The molecule has 0 fully saturated rings. The number of aromatic nitrogens is 2. The number of methoxy groups -OCH3 is 1. The van der Waals surface area contributed by atoms with E-state index in [2.05, 4.69) is 15.3 Å². The zero-order valence-electron chi connectivity index (χ0n) is 10.1. The lowest BCUT2D eigenvalue weighted by Crippen LogP contribution is -2.00. The maximum Gasteiger partial charge on any atom is 0.227 e. The summed E-state index contributed by atoms with van der Waals surface area (Å²) >= 11 is 6.03. The summed E-state index contributed by atoms with van der Waals surface area (Å²) in [5, 5.41) is 3.71. The molecule has 0 bridgehead atoms. The van der Waals surface area contributed by atoms with E-state index in [0.717, 1.165) is 11.3 Å². The summed E-state index contributed by atoms with van der Waals surface area (Å²) in [6.07, 6.45) is 3.06. The molecule has 0 spiro atoms. The smallest absolute Gasteiger partial charge is 0.227 e. The maximum atomic E-state index is 6.03. The van der Waals surface area contributed by atoms with Crippen molar-refractivity contribution in [3.05, 3.63) is 35.1 Å². The van der Waals surface area contributed by atoms with Crippen LogP contribution in [0.15, 0.2) is 24.5 Å². The summed E-state index contributed by atoms with van der Waals surface area (Å²) in [6, 6.07) is 3.62. The van der Waals surface area contributed by atoms with E-state index in [4.69, 9.17) is 22.1 Å². The Labute approximate surface area is 110 Å². The van der Waals surface area contributed by atoms with Gasteiger partial charge in [-0.25, -0.2) is 9.97 Å². The topological polar surface area (TPSA) is 73.1 Å². The van der Waals surface area contributed by atoms with Gasteiger partial charge in [0.05, 0.1) is 30.9 Å². The van der Waals surface area contributed by atoms with Gasteiger partial charge in [-0.3, -0.25) is 0 Å². The van der Waals surface area contributed by atoms with Gasteiger partial charge in [-0.05, 0) is 18.6 Å². The number of benzene rings is 1. The Hall–Kier alpha value is -2.01. The molecule has 2 rings (SSSR count). The minimum absolute atomic E-state index is 0.448. The second kappa shape index (κ2) is 5.10. The summed E-state index contributed by atoms with van der Waals surface area (Å²) < 4.78 is 5.25. The van der Waals surface area contributed by atoms with Crippen molar-refractivity contribution in [2.24, 2.45) is 0 Å². The highest BCUT2D eigenvalue weighted by molar-refractivity contribution is 6.31. The first-order valence-corrected chi connectivity index (χ1v) is 5.66. The van der Waals surface area contributed by atoms with E-state index in [9.17, 15) is 0 Å². The Morgan fingerprint density at radius 1 is 1.28 bits per heavy atom. The number of nitrogens with two attached hydrogens (primary N) is 1. The Kier molecular flexibility index (Phi) is 3.53. The van der Waals surface area contributed by atoms with E-state index >= 15 is 0 Å². The van der Waals surface area contributed by atoms with E-state index in [1.54, 1.807) is 13.2 Å². The van der Waals surface area contributed by atoms with Crippen molar-refractivity contribution in [1.29, 1.82) is 0 Å². The molecule has 0 aliphatic rings. The third-order valence-corrected chi connectivity index (χ3v) is 2.81. The molecule has 0 radical (unpaired) electrons. The summed E-state index contributed by atoms with van der Waals surface area (Å²) in [5.74, 6) is 1.08. The highest BCUT2D eigenvalue weighted by Crippen LogP contribution is 2.32. The number of ether oxygens (including phenoxy) is 1. The molecule has 0 aliphatic carbocycles. The number of rotatable bonds is 3. The van der Waals surface area contributed by atoms with E-state index in [0.29, 0.717) is 22.4 Å². The normalized spacial score (nSPS) is 10.2. The monoisotopic (exact) mass is 264 g/mol. The van der Waals surface area contributed by atoms with Gasteiger partial charge in [0.2, 0.25) is 5.95 Å². The Balaban J connectivity index is 2.33. The van der Waals surface area contributed by atoms with Crippen molar-refractivity contribution in [3.8, 4) is 5.75 Å². The van der Waals surface area contributed by atoms with Gasteiger partial charge in [-0.15, -0.1) is 0 Å². The molecule has 0 unspecified atom stereocenters. The largest absolute Gasteiger partial charge is 0.495 e. The SMILES string of the molecule is COc1cc(Cl)c(C)cc1Nc1ncc(N)cn1. The fourth-order valence-corrected chi connectivity index (χ4v) is 1.61. The highest BCUT2D eigenvalue weighted by Gasteiger charge is 2.08. The minimum Gasteiger partial charge on any atom is -0.495 e. The molecule has 1 aromatic heterocycles. The van der Waals surface area contributed by atoms with Crippen molar-refractivity contribution in [2.45, 2.75) is 6.92 Å². The van der Waals surface area contributed by atoms with Crippen LogP contribution in [0.4, 0.5) is 17.3 Å². The summed E-state index contributed by atoms with van der Waals surface area (Å²) in [7, 11) is 1.58. The average Bonchev–Trinajstić information content (AvgIpc) is 2.36. The molecule has 0 saturated carbocycles. The Morgan fingerprint density at radius 2 is 1.94 bits per heavy atom. The molecule has 0 saturated heterocycles. The lowest BCUT2D eigenvalue weighted by atomic mass is 10.2. The number of nitrogen functional groups attached to an aromatic ring is 1.